The van der Waals surface area contributed by atoms with Crippen LogP contribution in [0.2, 0.25) is 0 Å². The van der Waals surface area contributed by atoms with Gasteiger partial charge in [-0.2, -0.15) is 0 Å². The molecule has 0 saturated carbocycles. The Bertz CT molecular complexity index is 1330. The maximum absolute atomic E-state index is 13.5. The molecule has 2 amide bonds. The number of hydrogen-bond donors (Lipinski definition) is 2. The molecule has 0 atom stereocenters. The number of nitrogens with zero attached hydrogens (tertiary/aromatic N) is 3. The average molecular weight is 590 g/mol. The zero-order valence-electron chi connectivity index (χ0n) is 24.1. The summed E-state index contributed by atoms with van der Waals surface area (Å²) in [6.45, 7) is 7.63. The van der Waals surface area contributed by atoms with Crippen LogP contribution in [0.4, 0.5) is 17.1 Å². The highest BCUT2D eigenvalue weighted by molar-refractivity contribution is 8.00. The van der Waals surface area contributed by atoms with Crippen molar-refractivity contribution in [1.29, 1.82) is 0 Å². The van der Waals surface area contributed by atoms with Crippen molar-refractivity contribution >= 4 is 40.6 Å². The molecule has 3 aromatic rings. The zero-order chi connectivity index (χ0) is 29.1. The van der Waals surface area contributed by atoms with E-state index in [0.717, 1.165) is 81.0 Å². The highest BCUT2D eigenvalue weighted by atomic mass is 32.2. The Labute approximate surface area is 252 Å². The van der Waals surface area contributed by atoms with Crippen molar-refractivity contribution in [2.24, 2.45) is 0 Å². The average Bonchev–Trinajstić information content (AvgIpc) is 3.05. The minimum atomic E-state index is -0.139. The molecule has 0 aliphatic carbocycles. The van der Waals surface area contributed by atoms with Gasteiger partial charge in [0.1, 0.15) is 5.75 Å². The number of carbonyl (C=O) groups excluding carboxylic acids is 2. The molecular weight excluding hydrogens is 550 g/mol. The molecule has 2 aliphatic rings. The Morgan fingerprint density at radius 2 is 1.55 bits per heavy atom. The number of benzene rings is 3. The van der Waals surface area contributed by atoms with Crippen molar-refractivity contribution in [3.05, 3.63) is 78.4 Å². The molecule has 0 radical (unpaired) electrons. The number of para-hydroxylation sites is 2. The maximum atomic E-state index is 13.5. The molecule has 0 aromatic heterocycles. The SMILES string of the molecule is COc1ccccc1N1CCN(c2ccc(NC(=O)CSc3ccccc3)cc2C(=O)NCCN2CCOCC2)CC1. The van der Waals surface area contributed by atoms with Crippen LogP contribution in [-0.4, -0.2) is 95.1 Å². The highest BCUT2D eigenvalue weighted by Crippen LogP contribution is 2.31. The number of morpholine rings is 1. The second-order valence-electron chi connectivity index (χ2n) is 10.2. The minimum absolute atomic E-state index is 0.110. The summed E-state index contributed by atoms with van der Waals surface area (Å²) >= 11 is 1.48. The lowest BCUT2D eigenvalue weighted by Gasteiger charge is -2.38. The van der Waals surface area contributed by atoms with E-state index in [1.807, 2.05) is 60.7 Å². The quantitative estimate of drug-likeness (QED) is 0.327. The molecule has 3 aromatic carbocycles. The summed E-state index contributed by atoms with van der Waals surface area (Å²) in [5, 5.41) is 6.09. The fraction of sp³-hybridized carbons (Fsp3) is 0.375. The summed E-state index contributed by atoms with van der Waals surface area (Å²) in [7, 11) is 1.69. The number of amides is 2. The Hall–Kier alpha value is -3.73. The zero-order valence-corrected chi connectivity index (χ0v) is 24.9. The summed E-state index contributed by atoms with van der Waals surface area (Å²) in [6.07, 6.45) is 0. The Morgan fingerprint density at radius 1 is 0.857 bits per heavy atom. The molecular formula is C32H39N5O4S. The molecule has 0 spiro atoms. The van der Waals surface area contributed by atoms with Crippen molar-refractivity contribution < 1.29 is 19.1 Å². The summed E-state index contributed by atoms with van der Waals surface area (Å²) in [5.74, 6) is 0.898. The molecule has 0 unspecified atom stereocenters. The topological polar surface area (TPSA) is 86.4 Å². The molecule has 222 valence electrons. The third-order valence-corrected chi connectivity index (χ3v) is 8.51. The van der Waals surface area contributed by atoms with Gasteiger partial charge in [0.15, 0.2) is 0 Å². The second kappa shape index (κ2) is 14.9. The first-order valence-corrected chi connectivity index (χ1v) is 15.4. The number of thioether (sulfide) groups is 1. The van der Waals surface area contributed by atoms with E-state index in [0.29, 0.717) is 17.8 Å². The monoisotopic (exact) mass is 589 g/mol. The van der Waals surface area contributed by atoms with Gasteiger partial charge < -0.3 is 29.9 Å². The molecule has 2 heterocycles. The number of nitrogens with one attached hydrogen (secondary N) is 2. The van der Waals surface area contributed by atoms with Crippen LogP contribution in [0.5, 0.6) is 5.75 Å². The van der Waals surface area contributed by atoms with Crippen LogP contribution >= 0.6 is 11.8 Å². The molecule has 5 rings (SSSR count). The summed E-state index contributed by atoms with van der Waals surface area (Å²) in [5.41, 5.74) is 3.13. The van der Waals surface area contributed by atoms with Gasteiger partial charge in [0, 0.05) is 68.6 Å². The number of carbonyl (C=O) groups is 2. The highest BCUT2D eigenvalue weighted by Gasteiger charge is 2.24. The van der Waals surface area contributed by atoms with Gasteiger partial charge in [-0.05, 0) is 42.5 Å². The van der Waals surface area contributed by atoms with E-state index in [1.165, 1.54) is 11.8 Å². The van der Waals surface area contributed by atoms with Crippen molar-refractivity contribution in [2.75, 3.05) is 93.6 Å². The van der Waals surface area contributed by atoms with Crippen molar-refractivity contribution in [1.82, 2.24) is 10.2 Å². The Kier molecular flexibility index (Phi) is 10.6. The van der Waals surface area contributed by atoms with E-state index in [-0.39, 0.29) is 17.6 Å². The second-order valence-corrected chi connectivity index (χ2v) is 11.3. The fourth-order valence-electron chi connectivity index (χ4n) is 5.26. The summed E-state index contributed by atoms with van der Waals surface area (Å²) in [4.78, 5) is 34.2. The van der Waals surface area contributed by atoms with Crippen molar-refractivity contribution in [3.8, 4) is 5.75 Å². The fourth-order valence-corrected chi connectivity index (χ4v) is 5.98. The first-order chi connectivity index (χ1) is 20.6. The lowest BCUT2D eigenvalue weighted by molar-refractivity contribution is -0.113. The molecule has 0 bridgehead atoms. The lowest BCUT2D eigenvalue weighted by atomic mass is 10.1. The molecule has 2 saturated heterocycles. The van der Waals surface area contributed by atoms with Gasteiger partial charge in [-0.3, -0.25) is 14.5 Å². The number of ether oxygens (including phenoxy) is 2. The van der Waals surface area contributed by atoms with Gasteiger partial charge in [0.2, 0.25) is 5.91 Å². The summed E-state index contributed by atoms with van der Waals surface area (Å²) in [6, 6.07) is 23.5. The summed E-state index contributed by atoms with van der Waals surface area (Å²) < 4.78 is 11.0. The van der Waals surface area contributed by atoms with Crippen LogP contribution in [-0.2, 0) is 9.53 Å². The smallest absolute Gasteiger partial charge is 0.253 e. The normalized spacial score (nSPS) is 15.7. The van der Waals surface area contributed by atoms with Gasteiger partial charge in [0.25, 0.3) is 5.91 Å². The van der Waals surface area contributed by atoms with E-state index >= 15 is 0 Å². The molecule has 10 heteroatoms. The van der Waals surface area contributed by atoms with E-state index in [9.17, 15) is 9.59 Å². The number of methoxy groups -OCH3 is 1. The Balaban J connectivity index is 1.27. The lowest BCUT2D eigenvalue weighted by Crippen LogP contribution is -2.47. The van der Waals surface area contributed by atoms with E-state index < -0.39 is 0 Å². The van der Waals surface area contributed by atoms with Crippen LogP contribution in [0.15, 0.2) is 77.7 Å². The van der Waals surface area contributed by atoms with E-state index in [1.54, 1.807) is 13.2 Å². The number of rotatable bonds is 11. The number of anilines is 3. The van der Waals surface area contributed by atoms with Crippen LogP contribution < -0.4 is 25.2 Å². The first kappa shape index (κ1) is 29.8. The minimum Gasteiger partial charge on any atom is -0.495 e. The van der Waals surface area contributed by atoms with Gasteiger partial charge in [-0.15, -0.1) is 11.8 Å². The first-order valence-electron chi connectivity index (χ1n) is 14.4. The largest absolute Gasteiger partial charge is 0.495 e. The van der Waals surface area contributed by atoms with Crippen LogP contribution in [0.1, 0.15) is 10.4 Å². The van der Waals surface area contributed by atoms with Gasteiger partial charge in [0.05, 0.1) is 37.3 Å². The molecule has 2 aliphatic heterocycles. The van der Waals surface area contributed by atoms with E-state index in [2.05, 4.69) is 31.4 Å². The third-order valence-electron chi connectivity index (χ3n) is 7.50. The van der Waals surface area contributed by atoms with Crippen LogP contribution in [0, 0.1) is 0 Å². The van der Waals surface area contributed by atoms with Gasteiger partial charge >= 0.3 is 0 Å². The molecule has 9 nitrogen and oxygen atoms in total. The Morgan fingerprint density at radius 3 is 2.29 bits per heavy atom. The maximum Gasteiger partial charge on any atom is 0.253 e. The third kappa shape index (κ3) is 7.96. The predicted molar refractivity (Wildman–Crippen MR) is 169 cm³/mol. The van der Waals surface area contributed by atoms with Gasteiger partial charge in [-0.1, -0.05) is 30.3 Å². The van der Waals surface area contributed by atoms with Gasteiger partial charge in [-0.25, -0.2) is 0 Å². The number of piperazine rings is 1. The van der Waals surface area contributed by atoms with Crippen molar-refractivity contribution in [3.63, 3.8) is 0 Å². The van der Waals surface area contributed by atoms with E-state index in [4.69, 9.17) is 9.47 Å². The van der Waals surface area contributed by atoms with Crippen LogP contribution in [0.25, 0.3) is 0 Å². The molecule has 42 heavy (non-hydrogen) atoms. The number of hydrogen-bond acceptors (Lipinski definition) is 8. The van der Waals surface area contributed by atoms with Crippen molar-refractivity contribution in [2.45, 2.75) is 4.90 Å². The molecule has 2 N–H and O–H groups in total. The standard InChI is InChI=1S/C32H39N5O4S/c1-40-30-10-6-5-9-29(30)37-17-15-36(16-18-37)28-12-11-25(34-31(38)24-42-26-7-3-2-4-8-26)23-27(28)32(39)33-13-14-35-19-21-41-22-20-35/h2-12,23H,13-22,24H2,1H3,(H,33,39)(H,34,38). The van der Waals surface area contributed by atoms with Crippen LogP contribution in [0.3, 0.4) is 0 Å². The molecule has 2 fully saturated rings. The predicted octanol–water partition coefficient (Wildman–Crippen LogP) is 3.81.